The second-order valence-corrected chi connectivity index (χ2v) is 4.71. The molecule has 2 saturated heterocycles. The maximum Gasteiger partial charge on any atom is 0.490 e. The molecule has 2 atom stereocenters. The molecule has 0 saturated carbocycles. The van der Waals surface area contributed by atoms with Crippen molar-refractivity contribution in [2.45, 2.75) is 18.8 Å². The smallest absolute Gasteiger partial charge is 0.465 e. The summed E-state index contributed by atoms with van der Waals surface area (Å²) in [5, 5.41) is 0. The Morgan fingerprint density at radius 1 is 1.58 bits per heavy atom. The van der Waals surface area contributed by atoms with E-state index in [9.17, 15) is 22.8 Å². The number of hydrogen-bond acceptors (Lipinski definition) is 6. The number of carbonyl (C=O) groups is 2. The van der Waals surface area contributed by atoms with E-state index in [2.05, 4.69) is 4.74 Å². The molecule has 0 bridgehead atoms. The normalized spacial score (nSPS) is 31.2. The molecule has 2 unspecified atom stereocenters. The number of likely N-dealkylation sites (tertiary alicyclic amines) is 1. The average molecular weight is 282 g/mol. The van der Waals surface area contributed by atoms with Gasteiger partial charge in [-0.2, -0.15) is 13.2 Å². The summed E-state index contributed by atoms with van der Waals surface area (Å²) in [7, 11) is 0. The Bertz CT molecular complexity index is 401. The van der Waals surface area contributed by atoms with Crippen LogP contribution in [0.3, 0.4) is 0 Å². The number of halogens is 3. The zero-order chi connectivity index (χ0) is 14.3. The van der Waals surface area contributed by atoms with Gasteiger partial charge in [-0.05, 0) is 0 Å². The largest absolute Gasteiger partial charge is 0.490 e. The van der Waals surface area contributed by atoms with E-state index in [0.29, 0.717) is 6.54 Å². The van der Waals surface area contributed by atoms with Gasteiger partial charge in [0.2, 0.25) is 0 Å². The molecule has 2 heterocycles. The first-order valence-electron chi connectivity index (χ1n) is 5.66. The molecule has 2 rings (SSSR count). The first kappa shape index (κ1) is 14.1. The third kappa shape index (κ3) is 2.52. The molecular weight excluding hydrogens is 269 g/mol. The van der Waals surface area contributed by atoms with E-state index >= 15 is 0 Å². The summed E-state index contributed by atoms with van der Waals surface area (Å²) >= 11 is 0. The highest BCUT2D eigenvalue weighted by molar-refractivity contribution is 5.76. The van der Waals surface area contributed by atoms with Crippen molar-refractivity contribution in [2.24, 2.45) is 11.1 Å². The second kappa shape index (κ2) is 4.64. The van der Waals surface area contributed by atoms with Crippen LogP contribution in [0.25, 0.3) is 0 Å². The number of carbonyl (C=O) groups excluding carboxylic acids is 2. The summed E-state index contributed by atoms with van der Waals surface area (Å²) < 4.78 is 45.9. The second-order valence-electron chi connectivity index (χ2n) is 4.71. The molecule has 0 aromatic carbocycles. The SMILES string of the molecule is NCCN1CC2(COC(=O)C2)C1OC(=O)C(F)(F)F. The van der Waals surface area contributed by atoms with Crippen molar-refractivity contribution >= 4 is 11.9 Å². The highest BCUT2D eigenvalue weighted by Crippen LogP contribution is 2.45. The van der Waals surface area contributed by atoms with E-state index in [-0.39, 0.29) is 26.1 Å². The van der Waals surface area contributed by atoms with Gasteiger partial charge in [-0.25, -0.2) is 4.79 Å². The van der Waals surface area contributed by atoms with E-state index in [4.69, 9.17) is 10.5 Å². The first-order valence-corrected chi connectivity index (χ1v) is 5.66. The van der Waals surface area contributed by atoms with Gasteiger partial charge in [0.05, 0.1) is 11.8 Å². The molecule has 2 aliphatic heterocycles. The number of ether oxygens (including phenoxy) is 2. The number of cyclic esters (lactones) is 1. The van der Waals surface area contributed by atoms with Gasteiger partial charge in [-0.3, -0.25) is 9.69 Å². The highest BCUT2D eigenvalue weighted by Gasteiger charge is 2.61. The molecule has 0 aromatic rings. The van der Waals surface area contributed by atoms with Gasteiger partial charge in [0, 0.05) is 19.6 Å². The number of nitrogens with two attached hydrogens (primary N) is 1. The van der Waals surface area contributed by atoms with Gasteiger partial charge in [0.15, 0.2) is 6.23 Å². The highest BCUT2D eigenvalue weighted by atomic mass is 19.4. The van der Waals surface area contributed by atoms with Gasteiger partial charge in [0.1, 0.15) is 6.61 Å². The molecule has 1 spiro atoms. The fraction of sp³-hybridized carbons (Fsp3) is 0.800. The Balaban J connectivity index is 2.08. The van der Waals surface area contributed by atoms with Crippen LogP contribution in [0.15, 0.2) is 0 Å². The minimum atomic E-state index is -5.06. The fourth-order valence-electron chi connectivity index (χ4n) is 2.44. The molecule has 19 heavy (non-hydrogen) atoms. The zero-order valence-electron chi connectivity index (χ0n) is 9.90. The molecule has 9 heteroatoms. The molecular formula is C10H13F3N2O4. The van der Waals surface area contributed by atoms with Gasteiger partial charge < -0.3 is 15.2 Å². The van der Waals surface area contributed by atoms with Gasteiger partial charge in [-0.15, -0.1) is 0 Å². The molecule has 0 aromatic heterocycles. The van der Waals surface area contributed by atoms with Crippen molar-refractivity contribution in [3.05, 3.63) is 0 Å². The number of esters is 2. The lowest BCUT2D eigenvalue weighted by molar-refractivity contribution is -0.251. The van der Waals surface area contributed by atoms with Gasteiger partial charge in [-0.1, -0.05) is 0 Å². The molecule has 2 fully saturated rings. The van der Waals surface area contributed by atoms with Crippen molar-refractivity contribution in [1.29, 1.82) is 0 Å². The standard InChI is InChI=1S/C10H13F3N2O4/c11-10(12,13)8(17)19-7-9(3-6(16)18-5-9)4-15(7)2-1-14/h7H,1-5,14H2. The van der Waals surface area contributed by atoms with Crippen molar-refractivity contribution in [3.8, 4) is 0 Å². The van der Waals surface area contributed by atoms with Gasteiger partial charge >= 0.3 is 18.1 Å². The Kier molecular flexibility index (Phi) is 3.43. The molecule has 0 radical (unpaired) electrons. The van der Waals surface area contributed by atoms with Gasteiger partial charge in [0.25, 0.3) is 0 Å². The Hall–Kier alpha value is -1.35. The van der Waals surface area contributed by atoms with Crippen LogP contribution >= 0.6 is 0 Å². The van der Waals surface area contributed by atoms with Crippen LogP contribution < -0.4 is 5.73 Å². The molecule has 2 N–H and O–H groups in total. The predicted octanol–water partition coefficient (Wildman–Crippen LogP) is -0.374. The lowest BCUT2D eigenvalue weighted by Gasteiger charge is -2.52. The van der Waals surface area contributed by atoms with Crippen molar-refractivity contribution in [1.82, 2.24) is 4.90 Å². The van der Waals surface area contributed by atoms with Crippen molar-refractivity contribution < 1.29 is 32.2 Å². The Morgan fingerprint density at radius 3 is 2.74 bits per heavy atom. The predicted molar refractivity (Wildman–Crippen MR) is 54.6 cm³/mol. The molecule has 0 aliphatic carbocycles. The lowest BCUT2D eigenvalue weighted by atomic mass is 9.76. The van der Waals surface area contributed by atoms with E-state index in [1.165, 1.54) is 4.90 Å². The quantitative estimate of drug-likeness (QED) is 0.711. The van der Waals surface area contributed by atoms with Crippen LogP contribution in [-0.4, -0.2) is 55.5 Å². The molecule has 6 nitrogen and oxygen atoms in total. The maximum atomic E-state index is 12.2. The number of rotatable bonds is 3. The monoisotopic (exact) mass is 282 g/mol. The summed E-state index contributed by atoms with van der Waals surface area (Å²) in [6.07, 6.45) is -6.23. The number of alkyl halides is 3. The van der Waals surface area contributed by atoms with E-state index in [1.54, 1.807) is 0 Å². The minimum Gasteiger partial charge on any atom is -0.465 e. The topological polar surface area (TPSA) is 81.9 Å². The van der Waals surface area contributed by atoms with E-state index in [0.717, 1.165) is 0 Å². The first-order chi connectivity index (χ1) is 8.78. The van der Waals surface area contributed by atoms with Crippen molar-refractivity contribution in [3.63, 3.8) is 0 Å². The summed E-state index contributed by atoms with van der Waals surface area (Å²) in [5.74, 6) is -2.77. The third-order valence-corrected chi connectivity index (χ3v) is 3.26. The zero-order valence-corrected chi connectivity index (χ0v) is 9.90. The number of hydrogen-bond donors (Lipinski definition) is 1. The van der Waals surface area contributed by atoms with Crippen molar-refractivity contribution in [2.75, 3.05) is 26.2 Å². The summed E-state index contributed by atoms with van der Waals surface area (Å²) in [6.45, 7) is 0.783. The third-order valence-electron chi connectivity index (χ3n) is 3.26. The molecule has 2 aliphatic rings. The number of nitrogens with zero attached hydrogens (tertiary/aromatic N) is 1. The molecule has 108 valence electrons. The molecule has 0 amide bonds. The summed E-state index contributed by atoms with van der Waals surface area (Å²) in [5.41, 5.74) is 4.46. The van der Waals surface area contributed by atoms with Crippen LogP contribution in [0.5, 0.6) is 0 Å². The maximum absolute atomic E-state index is 12.2. The Morgan fingerprint density at radius 2 is 2.26 bits per heavy atom. The van der Waals surface area contributed by atoms with E-state index in [1.807, 2.05) is 0 Å². The minimum absolute atomic E-state index is 0.0390. The van der Waals surface area contributed by atoms with Crippen LogP contribution in [-0.2, 0) is 19.1 Å². The van der Waals surface area contributed by atoms with Crippen LogP contribution in [0.1, 0.15) is 6.42 Å². The van der Waals surface area contributed by atoms with Crippen LogP contribution in [0.4, 0.5) is 13.2 Å². The lowest BCUT2D eigenvalue weighted by Crippen LogP contribution is -2.67. The summed E-state index contributed by atoms with van der Waals surface area (Å²) in [4.78, 5) is 23.5. The average Bonchev–Trinajstić information content (AvgIpc) is 2.68. The Labute approximate surface area is 106 Å². The van der Waals surface area contributed by atoms with Crippen LogP contribution in [0.2, 0.25) is 0 Å². The van der Waals surface area contributed by atoms with Crippen LogP contribution in [0, 0.1) is 5.41 Å². The summed E-state index contributed by atoms with van der Waals surface area (Å²) in [6, 6.07) is 0. The van der Waals surface area contributed by atoms with E-state index < -0.39 is 29.8 Å². The fourth-order valence-corrected chi connectivity index (χ4v) is 2.44.